The van der Waals surface area contributed by atoms with Crippen LogP contribution in [0.3, 0.4) is 0 Å². The van der Waals surface area contributed by atoms with Gasteiger partial charge in [-0.3, -0.25) is 0 Å². The summed E-state index contributed by atoms with van der Waals surface area (Å²) in [5.41, 5.74) is 0.443. The molecule has 0 bridgehead atoms. The van der Waals surface area contributed by atoms with Crippen molar-refractivity contribution in [1.29, 1.82) is 0 Å². The maximum atomic E-state index is 13.3. The van der Waals surface area contributed by atoms with Crippen molar-refractivity contribution in [2.45, 2.75) is 39.1 Å². The highest BCUT2D eigenvalue weighted by Crippen LogP contribution is 2.42. The Balaban J connectivity index is 2.30. The normalized spacial score (nSPS) is 33.7. The predicted octanol–water partition coefficient (Wildman–Crippen LogP) is 3.57. The molecule has 1 N–H and O–H groups in total. The summed E-state index contributed by atoms with van der Waals surface area (Å²) in [5.74, 6) is -0.255. The van der Waals surface area contributed by atoms with Gasteiger partial charge in [0.1, 0.15) is 5.82 Å². The van der Waals surface area contributed by atoms with Gasteiger partial charge in [0.2, 0.25) is 0 Å². The summed E-state index contributed by atoms with van der Waals surface area (Å²) >= 11 is 6.03. The minimum Gasteiger partial charge on any atom is -0.388 e. The van der Waals surface area contributed by atoms with Crippen molar-refractivity contribution in [2.75, 3.05) is 0 Å². The first-order valence-corrected chi connectivity index (χ1v) is 6.58. The minimum atomic E-state index is -0.803. The molecule has 1 aromatic rings. The zero-order valence-electron chi connectivity index (χ0n) is 10.7. The van der Waals surface area contributed by atoms with E-state index in [1.807, 2.05) is 20.8 Å². The van der Waals surface area contributed by atoms with Crippen molar-refractivity contribution in [3.63, 3.8) is 0 Å². The SMILES string of the molecule is CC1OC(C)C(C(O)c2cc(F)ccc2Cl)C1C. The molecule has 1 aliphatic heterocycles. The van der Waals surface area contributed by atoms with Crippen LogP contribution in [-0.2, 0) is 4.74 Å². The van der Waals surface area contributed by atoms with Crippen molar-refractivity contribution >= 4 is 11.6 Å². The summed E-state index contributed by atoms with van der Waals surface area (Å²) in [6, 6.07) is 4.07. The summed E-state index contributed by atoms with van der Waals surface area (Å²) in [6.45, 7) is 5.96. The van der Waals surface area contributed by atoms with E-state index in [0.717, 1.165) is 0 Å². The van der Waals surface area contributed by atoms with Gasteiger partial charge in [-0.25, -0.2) is 4.39 Å². The van der Waals surface area contributed by atoms with Crippen LogP contribution in [0, 0.1) is 17.7 Å². The molecule has 1 aromatic carbocycles. The Morgan fingerprint density at radius 2 is 1.94 bits per heavy atom. The van der Waals surface area contributed by atoms with Crippen LogP contribution >= 0.6 is 11.6 Å². The first-order valence-electron chi connectivity index (χ1n) is 6.20. The molecule has 5 unspecified atom stereocenters. The molecule has 1 fully saturated rings. The quantitative estimate of drug-likeness (QED) is 0.892. The van der Waals surface area contributed by atoms with Crippen LogP contribution in [0.15, 0.2) is 18.2 Å². The molecule has 0 aliphatic carbocycles. The van der Waals surface area contributed by atoms with Crippen LogP contribution in [0.1, 0.15) is 32.4 Å². The van der Waals surface area contributed by atoms with Gasteiger partial charge in [-0.1, -0.05) is 18.5 Å². The summed E-state index contributed by atoms with van der Waals surface area (Å²) in [5, 5.41) is 10.8. The second-order valence-electron chi connectivity index (χ2n) is 5.09. The lowest BCUT2D eigenvalue weighted by Crippen LogP contribution is -2.25. The highest BCUT2D eigenvalue weighted by molar-refractivity contribution is 6.31. The largest absolute Gasteiger partial charge is 0.388 e. The van der Waals surface area contributed by atoms with Crippen molar-refractivity contribution < 1.29 is 14.2 Å². The van der Waals surface area contributed by atoms with Crippen LogP contribution in [-0.4, -0.2) is 17.3 Å². The summed E-state index contributed by atoms with van der Waals surface area (Å²) < 4.78 is 19.0. The molecule has 18 heavy (non-hydrogen) atoms. The van der Waals surface area contributed by atoms with Gasteiger partial charge in [0.25, 0.3) is 0 Å². The van der Waals surface area contributed by atoms with Gasteiger partial charge in [0, 0.05) is 16.5 Å². The fourth-order valence-corrected chi connectivity index (χ4v) is 3.02. The molecule has 2 rings (SSSR count). The monoisotopic (exact) mass is 272 g/mol. The summed E-state index contributed by atoms with van der Waals surface area (Å²) in [4.78, 5) is 0. The number of benzene rings is 1. The topological polar surface area (TPSA) is 29.5 Å². The number of hydrogen-bond donors (Lipinski definition) is 1. The Labute approximate surface area is 112 Å². The van der Waals surface area contributed by atoms with E-state index in [1.165, 1.54) is 18.2 Å². The second kappa shape index (κ2) is 5.16. The lowest BCUT2D eigenvalue weighted by Gasteiger charge is -2.25. The fourth-order valence-electron chi connectivity index (χ4n) is 2.79. The number of halogens is 2. The second-order valence-corrected chi connectivity index (χ2v) is 5.50. The van der Waals surface area contributed by atoms with Crippen LogP contribution < -0.4 is 0 Å². The van der Waals surface area contributed by atoms with E-state index in [-0.39, 0.29) is 29.9 Å². The van der Waals surface area contributed by atoms with E-state index in [0.29, 0.717) is 10.6 Å². The lowest BCUT2D eigenvalue weighted by molar-refractivity contribution is 0.0230. The third-order valence-corrected chi connectivity index (χ3v) is 4.30. The van der Waals surface area contributed by atoms with Crippen molar-refractivity contribution in [3.05, 3.63) is 34.6 Å². The van der Waals surface area contributed by atoms with E-state index in [4.69, 9.17) is 16.3 Å². The maximum Gasteiger partial charge on any atom is 0.123 e. The Morgan fingerprint density at radius 3 is 2.50 bits per heavy atom. The molecule has 1 aliphatic rings. The molecule has 1 saturated heterocycles. The molecule has 0 spiro atoms. The standard InChI is InChI=1S/C14H18ClFO2/c1-7-8(2)18-9(3)13(7)14(17)11-6-10(16)4-5-12(11)15/h4-9,13-14,17H,1-3H3. The fraction of sp³-hybridized carbons (Fsp3) is 0.571. The molecular formula is C14H18ClFO2. The van der Waals surface area contributed by atoms with E-state index in [2.05, 4.69) is 0 Å². The van der Waals surface area contributed by atoms with Gasteiger partial charge in [0.15, 0.2) is 0 Å². The molecule has 5 atom stereocenters. The average Bonchev–Trinajstić information content (AvgIpc) is 2.56. The van der Waals surface area contributed by atoms with Crippen LogP contribution in [0.25, 0.3) is 0 Å². The van der Waals surface area contributed by atoms with Crippen LogP contribution in [0.4, 0.5) is 4.39 Å². The van der Waals surface area contributed by atoms with Gasteiger partial charge in [-0.05, 0) is 38.0 Å². The molecule has 2 nitrogen and oxygen atoms in total. The van der Waals surface area contributed by atoms with E-state index in [1.54, 1.807) is 0 Å². The minimum absolute atomic E-state index is 0.0654. The maximum absolute atomic E-state index is 13.3. The average molecular weight is 273 g/mol. The molecule has 100 valence electrons. The molecule has 1 heterocycles. The van der Waals surface area contributed by atoms with Gasteiger partial charge in [0.05, 0.1) is 18.3 Å². The Kier molecular flexibility index (Phi) is 3.95. The van der Waals surface area contributed by atoms with Crippen molar-refractivity contribution in [2.24, 2.45) is 11.8 Å². The van der Waals surface area contributed by atoms with E-state index in [9.17, 15) is 9.50 Å². The number of aliphatic hydroxyl groups excluding tert-OH is 1. The highest BCUT2D eigenvalue weighted by atomic mass is 35.5. The third kappa shape index (κ3) is 2.40. The van der Waals surface area contributed by atoms with E-state index >= 15 is 0 Å². The Morgan fingerprint density at radius 1 is 1.28 bits per heavy atom. The van der Waals surface area contributed by atoms with Gasteiger partial charge >= 0.3 is 0 Å². The molecular weight excluding hydrogens is 255 g/mol. The Hall–Kier alpha value is -0.640. The van der Waals surface area contributed by atoms with Gasteiger partial charge in [-0.2, -0.15) is 0 Å². The van der Waals surface area contributed by atoms with Crippen molar-refractivity contribution in [1.82, 2.24) is 0 Å². The van der Waals surface area contributed by atoms with Crippen molar-refractivity contribution in [3.8, 4) is 0 Å². The van der Waals surface area contributed by atoms with Gasteiger partial charge in [-0.15, -0.1) is 0 Å². The lowest BCUT2D eigenvalue weighted by atomic mass is 9.82. The van der Waals surface area contributed by atoms with Crippen LogP contribution in [0.2, 0.25) is 5.02 Å². The molecule has 0 aromatic heterocycles. The zero-order valence-corrected chi connectivity index (χ0v) is 11.5. The van der Waals surface area contributed by atoms with Gasteiger partial charge < -0.3 is 9.84 Å². The smallest absolute Gasteiger partial charge is 0.123 e. The highest BCUT2D eigenvalue weighted by Gasteiger charge is 2.42. The predicted molar refractivity (Wildman–Crippen MR) is 69.0 cm³/mol. The summed E-state index contributed by atoms with van der Waals surface area (Å²) in [7, 11) is 0. The molecule has 4 heteroatoms. The zero-order chi connectivity index (χ0) is 13.4. The Bertz CT molecular complexity index is 438. The molecule has 0 radical (unpaired) electrons. The molecule has 0 saturated carbocycles. The summed E-state index contributed by atoms with van der Waals surface area (Å²) in [6.07, 6.45) is -0.778. The number of aliphatic hydroxyl groups is 1. The third-order valence-electron chi connectivity index (χ3n) is 3.96. The number of hydrogen-bond acceptors (Lipinski definition) is 2. The van der Waals surface area contributed by atoms with Crippen LogP contribution in [0.5, 0.6) is 0 Å². The first kappa shape index (κ1) is 13.8. The molecule has 0 amide bonds. The first-order chi connectivity index (χ1) is 8.41. The number of ether oxygens (including phenoxy) is 1. The number of rotatable bonds is 2. The van der Waals surface area contributed by atoms with E-state index < -0.39 is 6.10 Å².